The fourth-order valence-corrected chi connectivity index (χ4v) is 4.81. The maximum absolute atomic E-state index is 13.6. The fourth-order valence-electron chi connectivity index (χ4n) is 3.51. The molecule has 3 aromatic rings. The molecule has 0 spiro atoms. The number of thiazole rings is 1. The minimum atomic E-state index is -0.457. The maximum Gasteiger partial charge on any atom is 0.270 e. The van der Waals surface area contributed by atoms with Crippen molar-refractivity contribution in [1.29, 1.82) is 0 Å². The zero-order valence-corrected chi connectivity index (χ0v) is 18.5. The van der Waals surface area contributed by atoms with Gasteiger partial charge in [0.1, 0.15) is 11.5 Å². The molecule has 158 valence electrons. The van der Waals surface area contributed by atoms with E-state index in [1.54, 1.807) is 11.0 Å². The molecule has 0 atom stereocenters. The Hall–Kier alpha value is -2.45. The second kappa shape index (κ2) is 7.67. The van der Waals surface area contributed by atoms with E-state index in [-0.39, 0.29) is 22.3 Å². The summed E-state index contributed by atoms with van der Waals surface area (Å²) in [5.41, 5.74) is 1.67. The number of aromatic nitrogens is 2. The predicted molar refractivity (Wildman–Crippen MR) is 117 cm³/mol. The molecular formula is C21H22ClFN4O2S. The van der Waals surface area contributed by atoms with Crippen LogP contribution in [-0.2, 0) is 17.8 Å². The van der Waals surface area contributed by atoms with Crippen LogP contribution in [-0.4, -0.2) is 33.2 Å². The Labute approximate surface area is 182 Å². The van der Waals surface area contributed by atoms with Crippen molar-refractivity contribution in [1.82, 2.24) is 14.9 Å². The molecule has 0 unspecified atom stereocenters. The van der Waals surface area contributed by atoms with Gasteiger partial charge in [-0.3, -0.25) is 9.59 Å². The predicted octanol–water partition coefficient (Wildman–Crippen LogP) is 4.99. The van der Waals surface area contributed by atoms with Crippen LogP contribution in [0.15, 0.2) is 18.2 Å². The zero-order valence-electron chi connectivity index (χ0n) is 16.9. The average molecular weight is 449 g/mol. The first-order chi connectivity index (χ1) is 14.1. The molecule has 4 rings (SSSR count). The van der Waals surface area contributed by atoms with Gasteiger partial charge in [-0.1, -0.05) is 43.7 Å². The van der Waals surface area contributed by atoms with Gasteiger partial charge in [-0.05, 0) is 23.6 Å². The first kappa shape index (κ1) is 20.8. The Morgan fingerprint density at radius 3 is 2.83 bits per heavy atom. The minimum Gasteiger partial charge on any atom is -0.350 e. The Kier molecular flexibility index (Phi) is 5.32. The number of fused-ring (bicyclic) bond motifs is 2. The molecule has 2 N–H and O–H groups in total. The topological polar surface area (TPSA) is 78.1 Å². The van der Waals surface area contributed by atoms with Crippen molar-refractivity contribution in [2.75, 3.05) is 11.9 Å². The van der Waals surface area contributed by atoms with Crippen molar-refractivity contribution >= 4 is 50.8 Å². The number of hydrogen-bond donors (Lipinski definition) is 2. The Morgan fingerprint density at radius 1 is 1.33 bits per heavy atom. The largest absolute Gasteiger partial charge is 0.350 e. The molecule has 1 aliphatic rings. The number of carbonyl (C=O) groups is 2. The van der Waals surface area contributed by atoms with Crippen molar-refractivity contribution in [2.45, 2.75) is 40.2 Å². The number of H-pyrrole nitrogens is 1. The van der Waals surface area contributed by atoms with Crippen LogP contribution in [0.25, 0.3) is 10.9 Å². The summed E-state index contributed by atoms with van der Waals surface area (Å²) in [6, 6.07) is 4.20. The van der Waals surface area contributed by atoms with Crippen molar-refractivity contribution in [3.63, 3.8) is 0 Å². The van der Waals surface area contributed by atoms with Gasteiger partial charge in [-0.15, -0.1) is 0 Å². The van der Waals surface area contributed by atoms with Crippen LogP contribution in [0.5, 0.6) is 0 Å². The van der Waals surface area contributed by atoms with Gasteiger partial charge in [0, 0.05) is 29.6 Å². The smallest absolute Gasteiger partial charge is 0.270 e. The van der Waals surface area contributed by atoms with E-state index in [0.29, 0.717) is 47.7 Å². The van der Waals surface area contributed by atoms with Crippen LogP contribution in [0.3, 0.4) is 0 Å². The van der Waals surface area contributed by atoms with Crippen LogP contribution in [0.1, 0.15) is 48.3 Å². The third kappa shape index (κ3) is 4.34. The number of carbonyl (C=O) groups excluding carboxylic acids is 2. The van der Waals surface area contributed by atoms with E-state index >= 15 is 0 Å². The Morgan fingerprint density at radius 2 is 2.10 bits per heavy atom. The highest BCUT2D eigenvalue weighted by Gasteiger charge is 2.27. The van der Waals surface area contributed by atoms with Gasteiger partial charge in [-0.2, -0.15) is 0 Å². The fraction of sp³-hybridized carbons (Fsp3) is 0.381. The van der Waals surface area contributed by atoms with E-state index in [2.05, 4.69) is 15.3 Å². The first-order valence-electron chi connectivity index (χ1n) is 9.64. The van der Waals surface area contributed by atoms with Crippen molar-refractivity contribution in [3.05, 3.63) is 45.3 Å². The van der Waals surface area contributed by atoms with Gasteiger partial charge in [-0.25, -0.2) is 9.37 Å². The third-order valence-electron chi connectivity index (χ3n) is 4.84. The standard InChI is InChI=1S/C21H22ClFN4O2S/c1-21(2,3)9-18(28)26-20-25-14-4-5-27(10-17(14)30-20)19(29)16-8-12-13(22)6-11(23)7-15(12)24-16/h6-8,24H,4-5,9-10H2,1-3H3,(H,25,26,28). The molecule has 0 saturated carbocycles. The molecule has 0 aliphatic carbocycles. The number of anilines is 1. The molecular weight excluding hydrogens is 427 g/mol. The van der Waals surface area contributed by atoms with Gasteiger partial charge in [0.15, 0.2) is 5.13 Å². The highest BCUT2D eigenvalue weighted by atomic mass is 35.5. The summed E-state index contributed by atoms with van der Waals surface area (Å²) in [6.45, 7) is 6.96. The molecule has 0 fully saturated rings. The highest BCUT2D eigenvalue weighted by Crippen LogP contribution is 2.31. The number of aromatic amines is 1. The molecule has 1 aromatic carbocycles. The number of halogens is 2. The average Bonchev–Trinajstić information content (AvgIpc) is 3.22. The number of hydrogen-bond acceptors (Lipinski definition) is 4. The summed E-state index contributed by atoms with van der Waals surface area (Å²) in [5.74, 6) is -0.703. The van der Waals surface area contributed by atoms with E-state index in [0.717, 1.165) is 10.6 Å². The Bertz CT molecular complexity index is 1150. The number of nitrogens with zero attached hydrogens (tertiary/aromatic N) is 2. The van der Waals surface area contributed by atoms with E-state index < -0.39 is 5.82 Å². The third-order valence-corrected chi connectivity index (χ3v) is 6.15. The monoisotopic (exact) mass is 448 g/mol. The second-order valence-electron chi connectivity index (χ2n) is 8.68. The summed E-state index contributed by atoms with van der Waals surface area (Å²) < 4.78 is 13.6. The minimum absolute atomic E-state index is 0.0660. The van der Waals surface area contributed by atoms with E-state index in [1.807, 2.05) is 20.8 Å². The normalized spacial score (nSPS) is 14.1. The molecule has 0 bridgehead atoms. The zero-order chi connectivity index (χ0) is 21.6. The first-order valence-corrected chi connectivity index (χ1v) is 10.8. The molecule has 3 heterocycles. The molecule has 9 heteroatoms. The molecule has 6 nitrogen and oxygen atoms in total. The van der Waals surface area contributed by atoms with E-state index in [1.165, 1.54) is 23.5 Å². The molecule has 0 radical (unpaired) electrons. The van der Waals surface area contributed by atoms with Crippen molar-refractivity contribution in [3.8, 4) is 0 Å². The lowest BCUT2D eigenvalue weighted by Gasteiger charge is -2.25. The van der Waals surface area contributed by atoms with Crippen LogP contribution in [0, 0.1) is 11.2 Å². The highest BCUT2D eigenvalue weighted by molar-refractivity contribution is 7.15. The van der Waals surface area contributed by atoms with Gasteiger partial charge < -0.3 is 15.2 Å². The van der Waals surface area contributed by atoms with Gasteiger partial charge in [0.05, 0.1) is 22.8 Å². The van der Waals surface area contributed by atoms with E-state index in [9.17, 15) is 14.0 Å². The molecule has 2 amide bonds. The molecule has 0 saturated heterocycles. The summed E-state index contributed by atoms with van der Waals surface area (Å²) in [7, 11) is 0. The lowest BCUT2D eigenvalue weighted by molar-refractivity contribution is -0.117. The van der Waals surface area contributed by atoms with Crippen molar-refractivity contribution in [2.24, 2.45) is 5.41 Å². The number of nitrogens with one attached hydrogen (secondary N) is 2. The lowest BCUT2D eigenvalue weighted by atomic mass is 9.92. The summed E-state index contributed by atoms with van der Waals surface area (Å²) in [4.78, 5) is 35.3. The van der Waals surface area contributed by atoms with Crippen LogP contribution in [0.4, 0.5) is 9.52 Å². The van der Waals surface area contributed by atoms with Crippen LogP contribution < -0.4 is 5.32 Å². The van der Waals surface area contributed by atoms with E-state index in [4.69, 9.17) is 11.6 Å². The second-order valence-corrected chi connectivity index (χ2v) is 10.2. The van der Waals surface area contributed by atoms with Crippen molar-refractivity contribution < 1.29 is 14.0 Å². The number of benzene rings is 1. The Balaban J connectivity index is 1.49. The number of rotatable bonds is 3. The molecule has 1 aliphatic heterocycles. The molecule has 30 heavy (non-hydrogen) atoms. The summed E-state index contributed by atoms with van der Waals surface area (Å²) in [6.07, 6.45) is 1.02. The maximum atomic E-state index is 13.6. The van der Waals surface area contributed by atoms with Crippen LogP contribution in [0.2, 0.25) is 5.02 Å². The van der Waals surface area contributed by atoms with Crippen LogP contribution >= 0.6 is 22.9 Å². The molecule has 2 aromatic heterocycles. The quantitative estimate of drug-likeness (QED) is 0.592. The van der Waals surface area contributed by atoms with Gasteiger partial charge >= 0.3 is 0 Å². The summed E-state index contributed by atoms with van der Waals surface area (Å²) in [5, 5.41) is 4.31. The van der Waals surface area contributed by atoms with Gasteiger partial charge in [0.25, 0.3) is 5.91 Å². The van der Waals surface area contributed by atoms with Gasteiger partial charge in [0.2, 0.25) is 5.91 Å². The lowest BCUT2D eigenvalue weighted by Crippen LogP contribution is -2.35. The number of amides is 2. The SMILES string of the molecule is CC(C)(C)CC(=O)Nc1nc2c(s1)CN(C(=O)c1cc3c(Cl)cc(F)cc3[nH]1)CC2. The summed E-state index contributed by atoms with van der Waals surface area (Å²) >= 11 is 7.49.